The highest BCUT2D eigenvalue weighted by molar-refractivity contribution is 5.97. The zero-order valence-corrected chi connectivity index (χ0v) is 21.1. The summed E-state index contributed by atoms with van der Waals surface area (Å²) in [6, 6.07) is 17.3. The fourth-order valence-corrected chi connectivity index (χ4v) is 5.67. The van der Waals surface area contributed by atoms with E-state index in [1.54, 1.807) is 0 Å². The molecule has 3 aromatic rings. The summed E-state index contributed by atoms with van der Waals surface area (Å²) in [5, 5.41) is 2.83. The predicted octanol–water partition coefficient (Wildman–Crippen LogP) is 8.44. The minimum atomic E-state index is 0.132. The largest absolute Gasteiger partial charge is 0.364 e. The van der Waals surface area contributed by atoms with Gasteiger partial charge in [0, 0.05) is 12.2 Å². The Morgan fingerprint density at radius 3 is 2.45 bits per heavy atom. The van der Waals surface area contributed by atoms with Gasteiger partial charge >= 0.3 is 0 Å². The molecule has 0 N–H and O–H groups in total. The van der Waals surface area contributed by atoms with Gasteiger partial charge in [-0.05, 0) is 94.3 Å². The minimum Gasteiger partial charge on any atom is -0.364 e. The Bertz CT molecular complexity index is 1270. The van der Waals surface area contributed by atoms with Crippen LogP contribution in [-0.4, -0.2) is 10.9 Å². The summed E-state index contributed by atoms with van der Waals surface area (Å²) in [7, 11) is 0. The number of fused-ring (bicyclic) bond motifs is 5. The molecular weight excluding hydrogens is 398 g/mol. The number of hydrogen-bond donors (Lipinski definition) is 0. The van der Waals surface area contributed by atoms with Crippen molar-refractivity contribution in [3.8, 4) is 0 Å². The van der Waals surface area contributed by atoms with E-state index in [-0.39, 0.29) is 11.5 Å². The molecule has 0 saturated heterocycles. The van der Waals surface area contributed by atoms with Crippen molar-refractivity contribution in [1.82, 2.24) is 4.90 Å². The molecule has 0 saturated carbocycles. The van der Waals surface area contributed by atoms with Crippen LogP contribution in [0, 0.1) is 0 Å². The van der Waals surface area contributed by atoms with Crippen LogP contribution in [0.1, 0.15) is 92.9 Å². The number of allylic oxidation sites excluding steroid dienone is 1. The first-order chi connectivity index (χ1) is 15.8. The van der Waals surface area contributed by atoms with Crippen molar-refractivity contribution in [3.63, 3.8) is 0 Å². The molecule has 1 heterocycles. The topological polar surface area (TPSA) is 3.24 Å². The average molecular weight is 436 g/mol. The van der Waals surface area contributed by atoms with Crippen molar-refractivity contribution in [1.29, 1.82) is 0 Å². The number of hydrogen-bond acceptors (Lipinski definition) is 1. The quantitative estimate of drug-likeness (QED) is 0.399. The third-order valence-electron chi connectivity index (χ3n) is 7.57. The molecule has 33 heavy (non-hydrogen) atoms. The summed E-state index contributed by atoms with van der Waals surface area (Å²) < 4.78 is 0. The normalized spacial score (nSPS) is 17.5. The number of benzene rings is 3. The second-order valence-electron chi connectivity index (χ2n) is 11.0. The standard InChI is InChI=1S/C32H37N/c1-7-22-12-14-24(32(4,5)6)20-30(22)31-29-17-16-26-25-11-9-8-10-23(25)13-15-27(26)28(29)18-19-33(31)21(2)3/h8,10,12-21,31H,7,9,11H2,1-6H3. The molecule has 170 valence electrons. The van der Waals surface area contributed by atoms with Crippen molar-refractivity contribution < 1.29 is 0 Å². The van der Waals surface area contributed by atoms with Crippen molar-refractivity contribution in [2.45, 2.75) is 78.3 Å². The number of rotatable bonds is 3. The van der Waals surface area contributed by atoms with E-state index in [1.165, 1.54) is 49.7 Å². The molecule has 1 aliphatic heterocycles. The van der Waals surface area contributed by atoms with Crippen LogP contribution in [0.25, 0.3) is 22.9 Å². The van der Waals surface area contributed by atoms with Gasteiger partial charge in [-0.2, -0.15) is 0 Å². The Morgan fingerprint density at radius 1 is 0.939 bits per heavy atom. The first-order valence-electron chi connectivity index (χ1n) is 12.6. The Balaban J connectivity index is 1.76. The van der Waals surface area contributed by atoms with Gasteiger partial charge < -0.3 is 4.90 Å². The Morgan fingerprint density at radius 2 is 1.73 bits per heavy atom. The summed E-state index contributed by atoms with van der Waals surface area (Å²) in [5.74, 6) is 0. The fourth-order valence-electron chi connectivity index (χ4n) is 5.67. The van der Waals surface area contributed by atoms with Crippen molar-refractivity contribution in [3.05, 3.63) is 93.7 Å². The van der Waals surface area contributed by atoms with E-state index in [0.29, 0.717) is 6.04 Å². The molecule has 0 spiro atoms. The van der Waals surface area contributed by atoms with Gasteiger partial charge in [-0.15, -0.1) is 0 Å². The van der Waals surface area contributed by atoms with E-state index in [9.17, 15) is 0 Å². The molecular formula is C32H37N. The maximum Gasteiger partial charge on any atom is 0.0802 e. The zero-order chi connectivity index (χ0) is 23.3. The van der Waals surface area contributed by atoms with E-state index < -0.39 is 0 Å². The molecule has 5 rings (SSSR count). The van der Waals surface area contributed by atoms with Crippen LogP contribution in [0.4, 0.5) is 0 Å². The predicted molar refractivity (Wildman–Crippen MR) is 144 cm³/mol. The fraction of sp³-hybridized carbons (Fsp3) is 0.375. The zero-order valence-electron chi connectivity index (χ0n) is 21.1. The molecule has 3 aromatic carbocycles. The second-order valence-corrected chi connectivity index (χ2v) is 11.0. The van der Waals surface area contributed by atoms with Gasteiger partial charge in [-0.25, -0.2) is 0 Å². The van der Waals surface area contributed by atoms with E-state index in [2.05, 4.69) is 113 Å². The molecule has 2 aliphatic rings. The van der Waals surface area contributed by atoms with E-state index in [0.717, 1.165) is 19.3 Å². The summed E-state index contributed by atoms with van der Waals surface area (Å²) in [6.45, 7) is 13.9. The highest BCUT2D eigenvalue weighted by Crippen LogP contribution is 2.43. The van der Waals surface area contributed by atoms with Crippen molar-refractivity contribution in [2.24, 2.45) is 0 Å². The average Bonchev–Trinajstić information content (AvgIpc) is 2.81. The molecule has 1 unspecified atom stereocenters. The lowest BCUT2D eigenvalue weighted by Crippen LogP contribution is -2.34. The summed E-state index contributed by atoms with van der Waals surface area (Å²) in [6.07, 6.45) is 12.6. The van der Waals surface area contributed by atoms with Gasteiger partial charge in [-0.3, -0.25) is 0 Å². The van der Waals surface area contributed by atoms with Gasteiger partial charge in [0.2, 0.25) is 0 Å². The van der Waals surface area contributed by atoms with Gasteiger partial charge in [0.25, 0.3) is 0 Å². The van der Waals surface area contributed by atoms with Gasteiger partial charge in [0.1, 0.15) is 0 Å². The highest BCUT2D eigenvalue weighted by atomic mass is 15.2. The van der Waals surface area contributed by atoms with Gasteiger partial charge in [-0.1, -0.05) is 82.3 Å². The lowest BCUT2D eigenvalue weighted by atomic mass is 9.80. The van der Waals surface area contributed by atoms with Crippen LogP contribution in [0.5, 0.6) is 0 Å². The maximum atomic E-state index is 2.55. The smallest absolute Gasteiger partial charge is 0.0802 e. The molecule has 1 aliphatic carbocycles. The van der Waals surface area contributed by atoms with E-state index in [4.69, 9.17) is 0 Å². The first-order valence-corrected chi connectivity index (χ1v) is 12.6. The van der Waals surface area contributed by atoms with Crippen LogP contribution >= 0.6 is 0 Å². The third-order valence-corrected chi connectivity index (χ3v) is 7.57. The second kappa shape index (κ2) is 8.20. The van der Waals surface area contributed by atoms with Gasteiger partial charge in [0.05, 0.1) is 6.04 Å². The third kappa shape index (κ3) is 3.72. The molecule has 1 heteroatoms. The minimum absolute atomic E-state index is 0.132. The number of aryl methyl sites for hydroxylation is 2. The summed E-state index contributed by atoms with van der Waals surface area (Å²) in [5.41, 5.74) is 10.2. The van der Waals surface area contributed by atoms with Crippen molar-refractivity contribution >= 4 is 22.9 Å². The van der Waals surface area contributed by atoms with Crippen LogP contribution < -0.4 is 0 Å². The molecule has 0 radical (unpaired) electrons. The summed E-state index contributed by atoms with van der Waals surface area (Å²) in [4.78, 5) is 2.55. The summed E-state index contributed by atoms with van der Waals surface area (Å²) >= 11 is 0. The SMILES string of the molecule is CCc1ccc(C(C)(C)C)cc1C1c2ccc3c4c(ccc3c2C=CN1C(C)C)C=CCC4. The molecule has 0 aromatic heterocycles. The van der Waals surface area contributed by atoms with Crippen LogP contribution in [0.15, 0.2) is 54.7 Å². The lowest BCUT2D eigenvalue weighted by Gasteiger charge is -2.40. The van der Waals surface area contributed by atoms with E-state index >= 15 is 0 Å². The van der Waals surface area contributed by atoms with E-state index in [1.807, 2.05) is 0 Å². The molecule has 0 fully saturated rings. The Labute approximate surface area is 199 Å². The van der Waals surface area contributed by atoms with Crippen molar-refractivity contribution in [2.75, 3.05) is 0 Å². The molecule has 1 atom stereocenters. The molecule has 0 amide bonds. The highest BCUT2D eigenvalue weighted by Gasteiger charge is 2.30. The first kappa shape index (κ1) is 22.0. The maximum absolute atomic E-state index is 2.55. The Kier molecular flexibility index (Phi) is 5.47. The number of nitrogens with zero attached hydrogens (tertiary/aromatic N) is 1. The molecule has 0 bridgehead atoms. The molecule has 1 nitrogen and oxygen atoms in total. The van der Waals surface area contributed by atoms with Crippen LogP contribution in [0.2, 0.25) is 0 Å². The Hall–Kier alpha value is -2.80. The van der Waals surface area contributed by atoms with Crippen LogP contribution in [-0.2, 0) is 18.3 Å². The monoisotopic (exact) mass is 435 g/mol. The van der Waals surface area contributed by atoms with Crippen LogP contribution in [0.3, 0.4) is 0 Å². The van der Waals surface area contributed by atoms with Gasteiger partial charge in [0.15, 0.2) is 0 Å². The lowest BCUT2D eigenvalue weighted by molar-refractivity contribution is 0.257.